The molecule has 11 nitrogen and oxygen atoms in total. The highest BCUT2D eigenvalue weighted by Crippen LogP contribution is 2.09. The van der Waals surface area contributed by atoms with Crippen LogP contribution in [-0.2, 0) is 24.0 Å². The summed E-state index contributed by atoms with van der Waals surface area (Å²) in [7, 11) is 0. The van der Waals surface area contributed by atoms with Gasteiger partial charge in [-0.2, -0.15) is 11.8 Å². The first-order chi connectivity index (χ1) is 15.8. The molecule has 0 radical (unpaired) electrons. The number of hydrogen-bond donors (Lipinski definition) is 6. The van der Waals surface area contributed by atoms with E-state index in [0.29, 0.717) is 18.6 Å². The number of carbonyl (C=O) groups excluding carboxylic acids is 4. The van der Waals surface area contributed by atoms with Crippen molar-refractivity contribution in [3.8, 4) is 0 Å². The van der Waals surface area contributed by atoms with Gasteiger partial charge in [0.05, 0.1) is 6.04 Å². The molecule has 4 amide bonds. The van der Waals surface area contributed by atoms with E-state index in [1.165, 1.54) is 11.8 Å². The molecule has 5 unspecified atom stereocenters. The van der Waals surface area contributed by atoms with Crippen molar-refractivity contribution in [3.05, 3.63) is 0 Å². The fourth-order valence-corrected chi connectivity index (χ4v) is 3.55. The van der Waals surface area contributed by atoms with Crippen LogP contribution in [0.3, 0.4) is 0 Å². The molecule has 0 heterocycles. The van der Waals surface area contributed by atoms with Crippen molar-refractivity contribution in [1.82, 2.24) is 16.0 Å². The Morgan fingerprint density at radius 1 is 0.882 bits per heavy atom. The number of primary amides is 1. The molecule has 0 saturated carbocycles. The van der Waals surface area contributed by atoms with Gasteiger partial charge in [-0.05, 0) is 43.1 Å². The van der Waals surface area contributed by atoms with Crippen molar-refractivity contribution in [2.45, 2.75) is 84.0 Å². The number of nitrogens with one attached hydrogen (secondary N) is 3. The fraction of sp³-hybridized carbons (Fsp3) is 0.773. The minimum absolute atomic E-state index is 0.000850. The van der Waals surface area contributed by atoms with Crippen molar-refractivity contribution in [3.63, 3.8) is 0 Å². The number of carbonyl (C=O) groups is 5. The predicted octanol–water partition coefficient (Wildman–Crippen LogP) is -0.0365. The van der Waals surface area contributed by atoms with E-state index < -0.39 is 53.8 Å². The van der Waals surface area contributed by atoms with Gasteiger partial charge in [0.2, 0.25) is 23.6 Å². The third-order valence-corrected chi connectivity index (χ3v) is 6.08. The molecule has 0 aromatic heterocycles. The lowest BCUT2D eigenvalue weighted by Crippen LogP contribution is -2.57. The quantitative estimate of drug-likeness (QED) is 0.159. The number of thioether (sulfide) groups is 1. The van der Waals surface area contributed by atoms with E-state index in [1.807, 2.05) is 34.0 Å². The maximum atomic E-state index is 13.0. The van der Waals surface area contributed by atoms with Crippen molar-refractivity contribution in [2.75, 3.05) is 12.0 Å². The Hall–Kier alpha value is -2.34. The van der Waals surface area contributed by atoms with Crippen LogP contribution in [0.25, 0.3) is 0 Å². The summed E-state index contributed by atoms with van der Waals surface area (Å²) in [5.74, 6) is -3.25. The molecule has 0 bridgehead atoms. The van der Waals surface area contributed by atoms with E-state index in [2.05, 4.69) is 16.0 Å². The summed E-state index contributed by atoms with van der Waals surface area (Å²) in [6.45, 7) is 7.37. The van der Waals surface area contributed by atoms with Crippen LogP contribution in [0, 0.1) is 11.8 Å². The van der Waals surface area contributed by atoms with E-state index in [0.717, 1.165) is 0 Å². The topological polar surface area (TPSA) is 194 Å². The monoisotopic (exact) mass is 503 g/mol. The second-order valence-corrected chi connectivity index (χ2v) is 9.83. The summed E-state index contributed by atoms with van der Waals surface area (Å²) in [4.78, 5) is 61.2. The van der Waals surface area contributed by atoms with Gasteiger partial charge in [-0.3, -0.25) is 19.2 Å². The molecule has 34 heavy (non-hydrogen) atoms. The number of aliphatic carboxylic acids is 1. The summed E-state index contributed by atoms with van der Waals surface area (Å²) in [5.41, 5.74) is 11.2. The number of rotatable bonds is 17. The molecule has 0 aliphatic heterocycles. The molecule has 0 saturated heterocycles. The number of carboxylic acid groups (broad SMARTS) is 1. The highest BCUT2D eigenvalue weighted by molar-refractivity contribution is 7.98. The van der Waals surface area contributed by atoms with Crippen LogP contribution in [0.2, 0.25) is 0 Å². The summed E-state index contributed by atoms with van der Waals surface area (Å²) in [6, 6.07) is -4.10. The minimum atomic E-state index is -1.20. The van der Waals surface area contributed by atoms with Gasteiger partial charge in [-0.1, -0.05) is 34.1 Å². The first-order valence-corrected chi connectivity index (χ1v) is 12.9. The largest absolute Gasteiger partial charge is 0.480 e. The maximum Gasteiger partial charge on any atom is 0.326 e. The summed E-state index contributed by atoms with van der Waals surface area (Å²) < 4.78 is 0. The molecule has 0 aromatic carbocycles. The van der Waals surface area contributed by atoms with Gasteiger partial charge in [-0.25, -0.2) is 4.79 Å². The summed E-state index contributed by atoms with van der Waals surface area (Å²) in [5, 5.41) is 17.0. The van der Waals surface area contributed by atoms with Crippen LogP contribution in [0.4, 0.5) is 0 Å². The van der Waals surface area contributed by atoms with Gasteiger partial charge in [0, 0.05) is 6.42 Å². The number of nitrogens with two attached hydrogens (primary N) is 2. The second kappa shape index (κ2) is 16.3. The highest BCUT2D eigenvalue weighted by atomic mass is 32.2. The van der Waals surface area contributed by atoms with Gasteiger partial charge in [0.1, 0.15) is 18.1 Å². The number of carboxylic acids is 1. The molecule has 5 atom stereocenters. The Morgan fingerprint density at radius 3 is 1.82 bits per heavy atom. The Bertz CT molecular complexity index is 705. The van der Waals surface area contributed by atoms with Crippen molar-refractivity contribution in [1.29, 1.82) is 0 Å². The zero-order chi connectivity index (χ0) is 26.4. The van der Waals surface area contributed by atoms with Crippen molar-refractivity contribution >= 4 is 41.4 Å². The molecule has 0 aromatic rings. The smallest absolute Gasteiger partial charge is 0.326 e. The average Bonchev–Trinajstić information content (AvgIpc) is 2.76. The van der Waals surface area contributed by atoms with Crippen LogP contribution in [0.5, 0.6) is 0 Å². The van der Waals surface area contributed by atoms with Gasteiger partial charge in [0.25, 0.3) is 0 Å². The molecule has 0 spiro atoms. The lowest BCUT2D eigenvalue weighted by molar-refractivity contribution is -0.143. The predicted molar refractivity (Wildman–Crippen MR) is 132 cm³/mol. The van der Waals surface area contributed by atoms with Crippen molar-refractivity contribution in [2.24, 2.45) is 23.3 Å². The van der Waals surface area contributed by atoms with Gasteiger partial charge in [-0.15, -0.1) is 0 Å². The van der Waals surface area contributed by atoms with E-state index >= 15 is 0 Å². The fourth-order valence-electron chi connectivity index (χ4n) is 3.08. The molecule has 0 aliphatic carbocycles. The third-order valence-electron chi connectivity index (χ3n) is 5.44. The Morgan fingerprint density at radius 2 is 1.38 bits per heavy atom. The maximum absolute atomic E-state index is 13.0. The average molecular weight is 504 g/mol. The number of hydrogen-bond acceptors (Lipinski definition) is 7. The molecule has 0 rings (SSSR count). The summed E-state index contributed by atoms with van der Waals surface area (Å²) >= 11 is 1.48. The Labute approximate surface area is 205 Å². The molecule has 12 heteroatoms. The van der Waals surface area contributed by atoms with Gasteiger partial charge >= 0.3 is 5.97 Å². The van der Waals surface area contributed by atoms with E-state index in [-0.39, 0.29) is 31.1 Å². The lowest BCUT2D eigenvalue weighted by atomic mass is 9.99. The van der Waals surface area contributed by atoms with Gasteiger partial charge in [0.15, 0.2) is 0 Å². The SMILES string of the molecule is CCC(C)C(N)C(=O)NC(CCSC)C(=O)NC(CCC(N)=O)C(=O)NC(CC(C)C)C(=O)O. The van der Waals surface area contributed by atoms with E-state index in [9.17, 15) is 29.1 Å². The highest BCUT2D eigenvalue weighted by Gasteiger charge is 2.31. The molecular formula is C22H41N5O6S. The van der Waals surface area contributed by atoms with Crippen LogP contribution in [0.1, 0.15) is 59.8 Å². The van der Waals surface area contributed by atoms with Crippen LogP contribution in [0.15, 0.2) is 0 Å². The molecule has 196 valence electrons. The third kappa shape index (κ3) is 12.2. The zero-order valence-corrected chi connectivity index (χ0v) is 21.6. The molecule has 8 N–H and O–H groups in total. The summed E-state index contributed by atoms with van der Waals surface area (Å²) in [6.07, 6.45) is 2.72. The number of amides is 4. The Kier molecular flexibility index (Phi) is 15.2. The molecule has 0 aliphatic rings. The van der Waals surface area contributed by atoms with Crippen LogP contribution in [-0.4, -0.2) is 70.9 Å². The first kappa shape index (κ1) is 31.7. The normalized spacial score (nSPS) is 15.5. The minimum Gasteiger partial charge on any atom is -0.480 e. The molecular weight excluding hydrogens is 462 g/mol. The van der Waals surface area contributed by atoms with Crippen molar-refractivity contribution < 1.29 is 29.1 Å². The second-order valence-electron chi connectivity index (χ2n) is 8.85. The van der Waals surface area contributed by atoms with Gasteiger partial charge < -0.3 is 32.5 Å². The lowest BCUT2D eigenvalue weighted by Gasteiger charge is -2.26. The van der Waals surface area contributed by atoms with E-state index in [1.54, 1.807) is 0 Å². The Balaban J connectivity index is 5.57. The van der Waals surface area contributed by atoms with Crippen LogP contribution >= 0.6 is 11.8 Å². The van der Waals surface area contributed by atoms with Crippen LogP contribution < -0.4 is 27.4 Å². The van der Waals surface area contributed by atoms with E-state index in [4.69, 9.17) is 11.5 Å². The standard InChI is InChI=1S/C22H41N5O6S/c1-6-13(4)18(24)21(31)26-15(9-10-34-5)20(30)25-14(7-8-17(23)28)19(29)27-16(22(32)33)11-12(2)3/h12-16,18H,6-11,24H2,1-5H3,(H2,23,28)(H,25,30)(H,26,31)(H,27,29)(H,32,33). The molecule has 0 fully saturated rings. The first-order valence-electron chi connectivity index (χ1n) is 11.5. The zero-order valence-electron chi connectivity index (χ0n) is 20.8.